The predicted molar refractivity (Wildman–Crippen MR) is 118 cm³/mol. The van der Waals surface area contributed by atoms with Crippen LogP contribution in [0, 0.1) is 0 Å². The number of hydrogen-bond acceptors (Lipinski definition) is 6. The minimum atomic E-state index is -0.413. The largest absolute Gasteiger partial charge is 0.497 e. The standard InChI is InChI=1S/C24H18N4O4/c1-31-14-8-10-18(20(12-14)32-2)22-25-24(28-27-22)26-23(30)13-7-9-16-15-5-3-4-6-17(15)21(29)19(16)11-13/h3-12H,1-2H3,(H2,25,26,27,28,30). The van der Waals surface area contributed by atoms with Gasteiger partial charge in [-0.05, 0) is 35.4 Å². The van der Waals surface area contributed by atoms with E-state index in [1.165, 1.54) is 0 Å². The first kappa shape index (κ1) is 19.5. The Morgan fingerprint density at radius 1 is 0.875 bits per heavy atom. The van der Waals surface area contributed by atoms with E-state index in [0.717, 1.165) is 11.1 Å². The van der Waals surface area contributed by atoms with Crippen LogP contribution in [0.25, 0.3) is 22.5 Å². The van der Waals surface area contributed by atoms with Crippen molar-refractivity contribution in [3.63, 3.8) is 0 Å². The molecule has 8 nitrogen and oxygen atoms in total. The number of aromatic nitrogens is 3. The van der Waals surface area contributed by atoms with Crippen LogP contribution in [-0.4, -0.2) is 41.1 Å². The third kappa shape index (κ3) is 3.18. The van der Waals surface area contributed by atoms with E-state index in [-0.39, 0.29) is 11.7 Å². The zero-order valence-corrected chi connectivity index (χ0v) is 17.3. The lowest BCUT2D eigenvalue weighted by atomic mass is 10.0. The number of methoxy groups -OCH3 is 2. The number of ketones is 1. The molecule has 5 rings (SSSR count). The molecule has 0 fully saturated rings. The Labute approximate surface area is 183 Å². The van der Waals surface area contributed by atoms with E-state index in [2.05, 4.69) is 20.5 Å². The number of hydrogen-bond donors (Lipinski definition) is 2. The Morgan fingerprint density at radius 3 is 2.41 bits per heavy atom. The molecule has 1 aliphatic rings. The summed E-state index contributed by atoms with van der Waals surface area (Å²) in [6.07, 6.45) is 0. The van der Waals surface area contributed by atoms with Gasteiger partial charge in [0.05, 0.1) is 19.8 Å². The van der Waals surface area contributed by atoms with Crippen molar-refractivity contribution in [3.05, 3.63) is 77.4 Å². The summed E-state index contributed by atoms with van der Waals surface area (Å²) in [6.45, 7) is 0. The molecule has 0 spiro atoms. The van der Waals surface area contributed by atoms with E-state index in [9.17, 15) is 9.59 Å². The SMILES string of the molecule is COc1ccc(-c2nc(NC(=O)c3ccc4c(c3)C(=O)c3ccccc3-4)n[nH]2)c(OC)c1. The van der Waals surface area contributed by atoms with Gasteiger partial charge in [0.15, 0.2) is 11.6 Å². The summed E-state index contributed by atoms with van der Waals surface area (Å²) in [5.74, 6) is 1.24. The average Bonchev–Trinajstić information content (AvgIpc) is 3.41. The summed E-state index contributed by atoms with van der Waals surface area (Å²) in [7, 11) is 3.12. The minimum absolute atomic E-state index is 0.0861. The summed E-state index contributed by atoms with van der Waals surface area (Å²) >= 11 is 0. The molecule has 2 N–H and O–H groups in total. The van der Waals surface area contributed by atoms with Crippen molar-refractivity contribution in [1.29, 1.82) is 0 Å². The van der Waals surface area contributed by atoms with Gasteiger partial charge in [0.2, 0.25) is 5.95 Å². The second-order valence-electron chi connectivity index (χ2n) is 7.16. The van der Waals surface area contributed by atoms with Crippen molar-refractivity contribution < 1.29 is 19.1 Å². The number of amides is 1. The smallest absolute Gasteiger partial charge is 0.258 e. The number of benzene rings is 3. The number of nitrogens with one attached hydrogen (secondary N) is 2. The highest BCUT2D eigenvalue weighted by Crippen LogP contribution is 2.37. The number of carbonyl (C=O) groups is 2. The molecule has 0 saturated heterocycles. The minimum Gasteiger partial charge on any atom is -0.497 e. The van der Waals surface area contributed by atoms with Gasteiger partial charge in [-0.2, -0.15) is 4.98 Å². The van der Waals surface area contributed by atoms with E-state index in [0.29, 0.717) is 39.6 Å². The number of ether oxygens (including phenoxy) is 2. The fraction of sp³-hybridized carbons (Fsp3) is 0.0833. The molecule has 158 valence electrons. The molecular formula is C24H18N4O4. The number of rotatable bonds is 5. The normalized spacial score (nSPS) is 11.6. The van der Waals surface area contributed by atoms with E-state index < -0.39 is 5.91 Å². The molecule has 0 unspecified atom stereocenters. The molecule has 0 aliphatic heterocycles. The van der Waals surface area contributed by atoms with Crippen molar-refractivity contribution in [1.82, 2.24) is 15.2 Å². The lowest BCUT2D eigenvalue weighted by Gasteiger charge is -2.07. The Morgan fingerprint density at radius 2 is 1.62 bits per heavy atom. The quantitative estimate of drug-likeness (QED) is 0.441. The monoisotopic (exact) mass is 426 g/mol. The number of fused-ring (bicyclic) bond motifs is 3. The summed E-state index contributed by atoms with van der Waals surface area (Å²) in [4.78, 5) is 29.8. The Kier molecular flexibility index (Phi) is 4.67. The third-order valence-electron chi connectivity index (χ3n) is 5.36. The fourth-order valence-corrected chi connectivity index (χ4v) is 3.78. The van der Waals surface area contributed by atoms with Crippen molar-refractivity contribution >= 4 is 17.6 Å². The number of H-pyrrole nitrogens is 1. The number of nitrogens with zero attached hydrogens (tertiary/aromatic N) is 2. The second-order valence-corrected chi connectivity index (χ2v) is 7.16. The van der Waals surface area contributed by atoms with Gasteiger partial charge in [-0.25, -0.2) is 0 Å². The first-order valence-electron chi connectivity index (χ1n) is 9.83. The maximum atomic E-state index is 12.8. The van der Waals surface area contributed by atoms with Crippen LogP contribution in [0.2, 0.25) is 0 Å². The molecule has 1 aliphatic carbocycles. The number of aromatic amines is 1. The van der Waals surface area contributed by atoms with Crippen LogP contribution in [0.15, 0.2) is 60.7 Å². The molecule has 1 aromatic heterocycles. The molecule has 1 amide bonds. The summed E-state index contributed by atoms with van der Waals surface area (Å²) in [6, 6.07) is 17.8. The van der Waals surface area contributed by atoms with Crippen molar-refractivity contribution in [2.24, 2.45) is 0 Å². The van der Waals surface area contributed by atoms with Crippen molar-refractivity contribution in [2.45, 2.75) is 0 Å². The van der Waals surface area contributed by atoms with Crippen molar-refractivity contribution in [3.8, 4) is 34.0 Å². The summed E-state index contributed by atoms with van der Waals surface area (Å²) in [5, 5.41) is 9.54. The van der Waals surface area contributed by atoms with Crippen LogP contribution in [0.4, 0.5) is 5.95 Å². The maximum absolute atomic E-state index is 12.8. The second kappa shape index (κ2) is 7.66. The Bertz CT molecular complexity index is 1380. The molecule has 0 radical (unpaired) electrons. The van der Waals surface area contributed by atoms with Crippen LogP contribution < -0.4 is 14.8 Å². The van der Waals surface area contributed by atoms with Gasteiger partial charge in [0, 0.05) is 22.8 Å². The van der Waals surface area contributed by atoms with Crippen LogP contribution in [0.1, 0.15) is 26.3 Å². The highest BCUT2D eigenvalue weighted by molar-refractivity contribution is 6.22. The van der Waals surface area contributed by atoms with Crippen LogP contribution in [-0.2, 0) is 0 Å². The predicted octanol–water partition coefficient (Wildman–Crippen LogP) is 3.95. The van der Waals surface area contributed by atoms with E-state index in [4.69, 9.17) is 9.47 Å². The van der Waals surface area contributed by atoms with Crippen LogP contribution >= 0.6 is 0 Å². The Balaban J connectivity index is 1.38. The van der Waals surface area contributed by atoms with Gasteiger partial charge in [-0.1, -0.05) is 30.3 Å². The molecule has 0 bridgehead atoms. The van der Waals surface area contributed by atoms with Gasteiger partial charge in [0.1, 0.15) is 11.5 Å². The zero-order valence-electron chi connectivity index (χ0n) is 17.3. The van der Waals surface area contributed by atoms with Gasteiger partial charge >= 0.3 is 0 Å². The molecule has 0 saturated carbocycles. The highest BCUT2D eigenvalue weighted by atomic mass is 16.5. The van der Waals surface area contributed by atoms with Gasteiger partial charge in [0.25, 0.3) is 5.91 Å². The van der Waals surface area contributed by atoms with Gasteiger partial charge < -0.3 is 9.47 Å². The lowest BCUT2D eigenvalue weighted by Crippen LogP contribution is -2.13. The first-order valence-corrected chi connectivity index (χ1v) is 9.83. The third-order valence-corrected chi connectivity index (χ3v) is 5.36. The van der Waals surface area contributed by atoms with Gasteiger partial charge in [-0.3, -0.25) is 20.0 Å². The topological polar surface area (TPSA) is 106 Å². The average molecular weight is 426 g/mol. The zero-order chi connectivity index (χ0) is 22.2. The molecule has 0 atom stereocenters. The van der Waals surface area contributed by atoms with E-state index in [1.807, 2.05) is 18.2 Å². The molecule has 32 heavy (non-hydrogen) atoms. The lowest BCUT2D eigenvalue weighted by molar-refractivity contribution is 0.102. The number of carbonyl (C=O) groups excluding carboxylic acids is 2. The maximum Gasteiger partial charge on any atom is 0.258 e. The fourth-order valence-electron chi connectivity index (χ4n) is 3.78. The molecule has 4 aromatic rings. The van der Waals surface area contributed by atoms with Gasteiger partial charge in [-0.15, -0.1) is 5.10 Å². The van der Waals surface area contributed by atoms with E-state index in [1.54, 1.807) is 56.7 Å². The Hall–Kier alpha value is -4.46. The molecule has 8 heteroatoms. The van der Waals surface area contributed by atoms with Crippen molar-refractivity contribution in [2.75, 3.05) is 19.5 Å². The summed E-state index contributed by atoms with van der Waals surface area (Å²) in [5.41, 5.74) is 3.88. The van der Waals surface area contributed by atoms with Crippen LogP contribution in [0.5, 0.6) is 11.5 Å². The highest BCUT2D eigenvalue weighted by Gasteiger charge is 2.27. The molecular weight excluding hydrogens is 408 g/mol. The van der Waals surface area contributed by atoms with Crippen LogP contribution in [0.3, 0.4) is 0 Å². The summed E-state index contributed by atoms with van der Waals surface area (Å²) < 4.78 is 10.6. The first-order chi connectivity index (χ1) is 15.6. The number of anilines is 1. The molecule has 1 heterocycles. The molecule has 3 aromatic carbocycles. The van der Waals surface area contributed by atoms with E-state index >= 15 is 0 Å².